The summed E-state index contributed by atoms with van der Waals surface area (Å²) in [6.45, 7) is 2.79. The molecule has 0 aromatic rings. The smallest absolute Gasteiger partial charge is 0.394 e. The Kier molecular flexibility index (Phi) is 5.15. The largest absolute Gasteiger partial charge is 0.651 e. The fraction of sp³-hybridized carbons (Fsp3) is 1.00. The van der Waals surface area contributed by atoms with Crippen molar-refractivity contribution in [1.29, 1.82) is 0 Å². The monoisotopic (exact) mass is 278 g/mol. The number of hydrogen-bond acceptors (Lipinski definition) is 8. The summed E-state index contributed by atoms with van der Waals surface area (Å²) in [5.41, 5.74) is 0. The van der Waals surface area contributed by atoms with Crippen molar-refractivity contribution in [1.82, 2.24) is 0 Å². The van der Waals surface area contributed by atoms with Crippen LogP contribution in [0.15, 0.2) is 0 Å². The number of ether oxygens (including phenoxy) is 3. The van der Waals surface area contributed by atoms with E-state index in [-0.39, 0.29) is 26.4 Å². The van der Waals surface area contributed by atoms with E-state index in [9.17, 15) is 5.11 Å². The normalized spacial score (nSPS) is 32.7. The van der Waals surface area contributed by atoms with Gasteiger partial charge in [0, 0.05) is 0 Å². The maximum absolute atomic E-state index is 10.2. The Morgan fingerprint density at radius 3 is 2.53 bits per heavy atom. The number of hydrogen-bond donors (Lipinski definition) is 2. The van der Waals surface area contributed by atoms with Crippen LogP contribution in [-0.4, -0.2) is 62.5 Å². The summed E-state index contributed by atoms with van der Waals surface area (Å²) in [6.07, 6.45) is 1.69. The molecule has 3 rings (SSSR count). The molecule has 0 aliphatic carbocycles. The maximum atomic E-state index is 10.2. The third-order valence-corrected chi connectivity index (χ3v) is 2.70. The molecule has 3 fully saturated rings. The molecule has 8 nitrogen and oxygen atoms in total. The Balaban J connectivity index is 1.76. The average molecular weight is 278 g/mol. The van der Waals surface area contributed by atoms with Crippen LogP contribution in [0.25, 0.3) is 0 Å². The van der Waals surface area contributed by atoms with Gasteiger partial charge in [-0.05, 0) is 6.42 Å². The van der Waals surface area contributed by atoms with Gasteiger partial charge >= 0.3 is 19.3 Å². The van der Waals surface area contributed by atoms with E-state index in [4.69, 9.17) is 33.3 Å². The van der Waals surface area contributed by atoms with Crippen molar-refractivity contribution in [3.05, 3.63) is 0 Å². The lowest BCUT2D eigenvalue weighted by Crippen LogP contribution is -2.61. The molecule has 0 radical (unpaired) electrons. The number of aliphatic hydroxyl groups is 2. The second kappa shape index (κ2) is 6.46. The highest BCUT2D eigenvalue weighted by atomic mass is 17.1. The fourth-order valence-corrected chi connectivity index (χ4v) is 1.70. The van der Waals surface area contributed by atoms with Crippen LogP contribution in [0.4, 0.5) is 0 Å². The van der Waals surface area contributed by atoms with Crippen molar-refractivity contribution >= 4 is 7.32 Å². The summed E-state index contributed by atoms with van der Waals surface area (Å²) in [5, 5.41) is 18.7. The van der Waals surface area contributed by atoms with Crippen LogP contribution in [0, 0.1) is 0 Å². The Bertz CT molecular complexity index is 285. The Morgan fingerprint density at radius 1 is 1.05 bits per heavy atom. The lowest BCUT2D eigenvalue weighted by molar-refractivity contribution is -0.481. The molecule has 110 valence electrons. The number of fused-ring (bicyclic) bond motifs is 1. The van der Waals surface area contributed by atoms with Crippen molar-refractivity contribution in [2.45, 2.75) is 31.7 Å². The summed E-state index contributed by atoms with van der Waals surface area (Å²) in [7, 11) is -0.968. The number of aliphatic hydroxyl groups excluding tert-OH is 1. The summed E-state index contributed by atoms with van der Waals surface area (Å²) in [5.74, 6) is -3.79. The van der Waals surface area contributed by atoms with Crippen LogP contribution < -0.4 is 0 Å². The molecule has 1 unspecified atom stereocenters. The Labute approximate surface area is 111 Å². The Hall–Kier alpha value is -0.255. The predicted octanol–water partition coefficient (Wildman–Crippen LogP) is -0.810. The fourth-order valence-electron chi connectivity index (χ4n) is 1.70. The molecule has 3 aliphatic rings. The van der Waals surface area contributed by atoms with Gasteiger partial charge in [-0.3, -0.25) is 0 Å². The zero-order chi connectivity index (χ0) is 13.8. The van der Waals surface area contributed by atoms with Gasteiger partial charge in [-0.1, -0.05) is 13.3 Å². The zero-order valence-corrected chi connectivity index (χ0v) is 10.9. The highest BCUT2D eigenvalue weighted by Gasteiger charge is 2.78. The van der Waals surface area contributed by atoms with E-state index in [0.29, 0.717) is 6.61 Å². The van der Waals surface area contributed by atoms with Crippen LogP contribution >= 0.6 is 0 Å². The molecule has 2 bridgehead atoms. The summed E-state index contributed by atoms with van der Waals surface area (Å²) >= 11 is 0. The molecule has 0 aromatic heterocycles. The molecule has 19 heavy (non-hydrogen) atoms. The van der Waals surface area contributed by atoms with Gasteiger partial charge in [-0.2, -0.15) is 0 Å². The van der Waals surface area contributed by atoms with Crippen molar-refractivity contribution in [2.75, 3.05) is 33.0 Å². The molecule has 9 heteroatoms. The molecule has 2 N–H and O–H groups in total. The van der Waals surface area contributed by atoms with Gasteiger partial charge < -0.3 is 38.4 Å². The molecular weight excluding hydrogens is 259 g/mol. The number of rotatable bonds is 10. The third kappa shape index (κ3) is 3.09. The molecule has 0 amide bonds. The molecular formula is C10H19BO8. The average Bonchev–Trinajstić information content (AvgIpc) is 2.76. The zero-order valence-electron chi connectivity index (χ0n) is 10.9. The van der Waals surface area contributed by atoms with Crippen molar-refractivity contribution in [2.24, 2.45) is 0 Å². The van der Waals surface area contributed by atoms with Gasteiger partial charge in [0.2, 0.25) is 0 Å². The van der Waals surface area contributed by atoms with Crippen molar-refractivity contribution < 1.29 is 38.4 Å². The second-order valence-corrected chi connectivity index (χ2v) is 4.17. The van der Waals surface area contributed by atoms with Crippen molar-refractivity contribution in [3.63, 3.8) is 0 Å². The van der Waals surface area contributed by atoms with Crippen molar-refractivity contribution in [3.8, 4) is 0 Å². The first kappa shape index (κ1) is 15.1. The van der Waals surface area contributed by atoms with Gasteiger partial charge in [-0.25, -0.2) is 0 Å². The minimum absolute atomic E-state index is 0.0621. The lowest BCUT2D eigenvalue weighted by Gasteiger charge is -2.38. The second-order valence-electron chi connectivity index (χ2n) is 4.17. The van der Waals surface area contributed by atoms with Crippen LogP contribution in [-0.2, 0) is 28.2 Å². The van der Waals surface area contributed by atoms with E-state index in [2.05, 4.69) is 0 Å². The van der Waals surface area contributed by atoms with Crippen LogP contribution in [0.5, 0.6) is 0 Å². The molecule has 0 spiro atoms. The van der Waals surface area contributed by atoms with Crippen LogP contribution in [0.1, 0.15) is 19.8 Å². The van der Waals surface area contributed by atoms with E-state index < -0.39 is 19.3 Å². The van der Waals surface area contributed by atoms with Crippen LogP contribution in [0.3, 0.4) is 0 Å². The Morgan fingerprint density at radius 2 is 1.84 bits per heavy atom. The van der Waals surface area contributed by atoms with E-state index in [1.807, 2.05) is 6.92 Å². The van der Waals surface area contributed by atoms with Gasteiger partial charge in [0.25, 0.3) is 0 Å². The van der Waals surface area contributed by atoms with E-state index in [0.717, 1.165) is 12.8 Å². The summed E-state index contributed by atoms with van der Waals surface area (Å²) in [6, 6.07) is 0. The first-order chi connectivity index (χ1) is 9.16. The highest BCUT2D eigenvalue weighted by Crippen LogP contribution is 2.48. The number of unbranched alkanes of at least 4 members (excludes halogenated alkanes) is 1. The van der Waals surface area contributed by atoms with E-state index in [1.54, 1.807) is 0 Å². The third-order valence-electron chi connectivity index (χ3n) is 2.70. The highest BCUT2D eigenvalue weighted by molar-refractivity contribution is 6.40. The van der Waals surface area contributed by atoms with Gasteiger partial charge in [0.05, 0.1) is 33.0 Å². The minimum Gasteiger partial charge on any atom is -0.394 e. The predicted molar refractivity (Wildman–Crippen MR) is 61.4 cm³/mol. The SMILES string of the molecule is CCCCOC1(O)OB2OC1(OCCOCCO)O2. The first-order valence-electron chi connectivity index (χ1n) is 6.38. The first-order valence-corrected chi connectivity index (χ1v) is 6.38. The standard InChI is InChI=1S/C10H19BO8/c1-2-3-5-15-9(13)10(18-11(17-9)19-10)16-8-7-14-6-4-12/h12-13H,2-8H2,1H3. The van der Waals surface area contributed by atoms with E-state index >= 15 is 0 Å². The van der Waals surface area contributed by atoms with E-state index in [1.165, 1.54) is 0 Å². The van der Waals surface area contributed by atoms with Gasteiger partial charge in [0.1, 0.15) is 0 Å². The molecule has 3 aliphatic heterocycles. The lowest BCUT2D eigenvalue weighted by atomic mass is 10.2. The van der Waals surface area contributed by atoms with Crippen LogP contribution in [0.2, 0.25) is 0 Å². The molecule has 3 saturated heterocycles. The summed E-state index contributed by atoms with van der Waals surface area (Å²) in [4.78, 5) is 0. The molecule has 3 heterocycles. The van der Waals surface area contributed by atoms with Gasteiger partial charge in [0.15, 0.2) is 0 Å². The molecule has 0 saturated carbocycles. The minimum atomic E-state index is -2.05. The summed E-state index contributed by atoms with van der Waals surface area (Å²) < 4.78 is 30.9. The topological polar surface area (TPSA) is 95.8 Å². The van der Waals surface area contributed by atoms with Gasteiger partial charge in [-0.15, -0.1) is 0 Å². The molecule has 1 atom stereocenters. The maximum Gasteiger partial charge on any atom is 0.651 e. The quantitative estimate of drug-likeness (QED) is 0.304. The molecule has 0 aromatic carbocycles.